The average Bonchev–Trinajstić information content (AvgIpc) is 2.82. The van der Waals surface area contributed by atoms with Gasteiger partial charge in [0.25, 0.3) is 0 Å². The van der Waals surface area contributed by atoms with E-state index in [1.54, 1.807) is 0 Å². The van der Waals surface area contributed by atoms with Gasteiger partial charge in [-0.1, -0.05) is 6.92 Å². The van der Waals surface area contributed by atoms with Gasteiger partial charge in [0.1, 0.15) is 0 Å². The van der Waals surface area contributed by atoms with Crippen LogP contribution < -0.4 is 5.32 Å². The molecule has 0 aromatic heterocycles. The number of morpholine rings is 1. The van der Waals surface area contributed by atoms with Crippen LogP contribution in [0.3, 0.4) is 0 Å². The number of nitrogens with zero attached hydrogens (tertiary/aromatic N) is 1. The summed E-state index contributed by atoms with van der Waals surface area (Å²) in [6.45, 7) is 5.37. The zero-order valence-electron chi connectivity index (χ0n) is 10.3. The molecule has 2 saturated heterocycles. The predicted molar refractivity (Wildman–Crippen MR) is 67.2 cm³/mol. The van der Waals surface area contributed by atoms with Crippen LogP contribution in [0.5, 0.6) is 0 Å². The van der Waals surface area contributed by atoms with Crippen molar-refractivity contribution in [3.8, 4) is 0 Å². The summed E-state index contributed by atoms with van der Waals surface area (Å²) in [4.78, 5) is 14.1. The molecule has 5 heteroatoms. The molecule has 1 amide bonds. The van der Waals surface area contributed by atoms with Crippen molar-refractivity contribution >= 4 is 17.5 Å². The molecule has 3 atom stereocenters. The first-order chi connectivity index (χ1) is 8.20. The second-order valence-electron chi connectivity index (χ2n) is 5.05. The van der Waals surface area contributed by atoms with Gasteiger partial charge < -0.3 is 10.1 Å². The molecular weight excluding hydrogens is 240 g/mol. The van der Waals surface area contributed by atoms with Gasteiger partial charge in [0.05, 0.1) is 12.7 Å². The Kier molecular flexibility index (Phi) is 4.65. The molecule has 2 rings (SSSR count). The molecule has 0 aromatic rings. The van der Waals surface area contributed by atoms with Crippen molar-refractivity contribution in [2.45, 2.75) is 31.9 Å². The molecule has 2 aliphatic rings. The standard InChI is InChI=1S/C12H21ClN2O2/c1-9(5-13)12(16)14-6-11-7-15-4-2-3-10(15)8-17-11/h9-11H,2-8H2,1H3,(H,14,16). The van der Waals surface area contributed by atoms with E-state index >= 15 is 0 Å². The van der Waals surface area contributed by atoms with Crippen molar-refractivity contribution in [3.63, 3.8) is 0 Å². The maximum absolute atomic E-state index is 11.6. The largest absolute Gasteiger partial charge is 0.373 e. The summed E-state index contributed by atoms with van der Waals surface area (Å²) >= 11 is 5.64. The van der Waals surface area contributed by atoms with E-state index in [9.17, 15) is 4.79 Å². The lowest BCUT2D eigenvalue weighted by Crippen LogP contribution is -2.50. The number of ether oxygens (including phenoxy) is 1. The number of alkyl halides is 1. The molecule has 3 unspecified atom stereocenters. The number of carbonyl (C=O) groups is 1. The first-order valence-corrected chi connectivity index (χ1v) is 6.93. The van der Waals surface area contributed by atoms with Gasteiger partial charge in [0.2, 0.25) is 5.91 Å². The fourth-order valence-electron chi connectivity index (χ4n) is 2.47. The molecule has 0 bridgehead atoms. The molecule has 4 nitrogen and oxygen atoms in total. The molecule has 0 radical (unpaired) electrons. The van der Waals surface area contributed by atoms with Gasteiger partial charge in [-0.2, -0.15) is 0 Å². The fraction of sp³-hybridized carbons (Fsp3) is 0.917. The van der Waals surface area contributed by atoms with Crippen molar-refractivity contribution < 1.29 is 9.53 Å². The van der Waals surface area contributed by atoms with Crippen LogP contribution in [0.2, 0.25) is 0 Å². The lowest BCUT2D eigenvalue weighted by molar-refractivity contribution is -0.125. The lowest BCUT2D eigenvalue weighted by Gasteiger charge is -2.35. The molecular formula is C12H21ClN2O2. The van der Waals surface area contributed by atoms with Gasteiger partial charge >= 0.3 is 0 Å². The molecule has 0 aliphatic carbocycles. The first-order valence-electron chi connectivity index (χ1n) is 6.40. The SMILES string of the molecule is CC(CCl)C(=O)NCC1CN2CCCC2CO1. The molecule has 0 spiro atoms. The topological polar surface area (TPSA) is 41.6 Å². The molecule has 0 saturated carbocycles. The van der Waals surface area contributed by atoms with Gasteiger partial charge in [-0.3, -0.25) is 9.69 Å². The van der Waals surface area contributed by atoms with Crippen LogP contribution in [-0.4, -0.2) is 55.1 Å². The van der Waals surface area contributed by atoms with E-state index in [4.69, 9.17) is 16.3 Å². The third-order valence-corrected chi connectivity index (χ3v) is 4.11. The Hall–Kier alpha value is -0.320. The molecule has 2 heterocycles. The van der Waals surface area contributed by atoms with E-state index in [0.29, 0.717) is 18.5 Å². The minimum Gasteiger partial charge on any atom is -0.373 e. The van der Waals surface area contributed by atoms with Crippen molar-refractivity contribution in [3.05, 3.63) is 0 Å². The second kappa shape index (κ2) is 6.03. The normalized spacial score (nSPS) is 30.9. The minimum atomic E-state index is -0.125. The maximum Gasteiger partial charge on any atom is 0.224 e. The Morgan fingerprint density at radius 2 is 2.47 bits per heavy atom. The number of hydrogen-bond acceptors (Lipinski definition) is 3. The molecule has 2 fully saturated rings. The number of nitrogens with one attached hydrogen (secondary N) is 1. The van der Waals surface area contributed by atoms with Crippen LogP contribution in [0, 0.1) is 5.92 Å². The molecule has 2 aliphatic heterocycles. The summed E-state index contributed by atoms with van der Waals surface area (Å²) in [7, 11) is 0. The highest BCUT2D eigenvalue weighted by Crippen LogP contribution is 2.22. The Bertz CT molecular complexity index is 275. The predicted octanol–water partition coefficient (Wildman–Crippen LogP) is 0.841. The highest BCUT2D eigenvalue weighted by atomic mass is 35.5. The fourth-order valence-corrected chi connectivity index (χ4v) is 2.61. The summed E-state index contributed by atoms with van der Waals surface area (Å²) in [6, 6.07) is 0.615. The van der Waals surface area contributed by atoms with E-state index in [0.717, 1.165) is 13.2 Å². The van der Waals surface area contributed by atoms with Crippen molar-refractivity contribution in [1.82, 2.24) is 10.2 Å². The number of rotatable bonds is 4. The van der Waals surface area contributed by atoms with Crippen molar-refractivity contribution in [1.29, 1.82) is 0 Å². The molecule has 1 N–H and O–H groups in total. The zero-order chi connectivity index (χ0) is 12.3. The molecule has 0 aromatic carbocycles. The summed E-state index contributed by atoms with van der Waals surface area (Å²) < 4.78 is 5.77. The Balaban J connectivity index is 1.71. The van der Waals surface area contributed by atoms with Gasteiger partial charge in [0.15, 0.2) is 0 Å². The number of amides is 1. The third-order valence-electron chi connectivity index (χ3n) is 3.64. The Morgan fingerprint density at radius 1 is 1.65 bits per heavy atom. The average molecular weight is 261 g/mol. The summed E-state index contributed by atoms with van der Waals surface area (Å²) in [6.07, 6.45) is 2.66. The highest BCUT2D eigenvalue weighted by molar-refractivity contribution is 6.19. The third kappa shape index (κ3) is 3.33. The summed E-state index contributed by atoms with van der Waals surface area (Å²) in [5.41, 5.74) is 0. The smallest absolute Gasteiger partial charge is 0.224 e. The monoisotopic (exact) mass is 260 g/mol. The molecule has 98 valence electrons. The number of fused-ring (bicyclic) bond motifs is 1. The van der Waals surface area contributed by atoms with Crippen LogP contribution in [-0.2, 0) is 9.53 Å². The Morgan fingerprint density at radius 3 is 3.24 bits per heavy atom. The summed E-state index contributed by atoms with van der Waals surface area (Å²) in [5, 5.41) is 2.91. The quantitative estimate of drug-likeness (QED) is 0.762. The van der Waals surface area contributed by atoms with Crippen molar-refractivity contribution in [2.75, 3.05) is 32.1 Å². The van der Waals surface area contributed by atoms with Crippen LogP contribution in [0.1, 0.15) is 19.8 Å². The van der Waals surface area contributed by atoms with E-state index < -0.39 is 0 Å². The van der Waals surface area contributed by atoms with Crippen LogP contribution >= 0.6 is 11.6 Å². The number of halogens is 1. The van der Waals surface area contributed by atoms with Crippen LogP contribution in [0.4, 0.5) is 0 Å². The van der Waals surface area contributed by atoms with Gasteiger partial charge in [-0.25, -0.2) is 0 Å². The maximum atomic E-state index is 11.6. The lowest BCUT2D eigenvalue weighted by atomic mass is 10.1. The Labute approximate surface area is 108 Å². The first kappa shape index (κ1) is 13.1. The van der Waals surface area contributed by atoms with E-state index in [2.05, 4.69) is 10.2 Å². The van der Waals surface area contributed by atoms with E-state index in [-0.39, 0.29) is 17.9 Å². The number of carbonyl (C=O) groups excluding carboxylic acids is 1. The highest BCUT2D eigenvalue weighted by Gasteiger charge is 2.32. The van der Waals surface area contributed by atoms with E-state index in [1.807, 2.05) is 6.92 Å². The molecule has 17 heavy (non-hydrogen) atoms. The van der Waals surface area contributed by atoms with Gasteiger partial charge in [0, 0.05) is 30.9 Å². The summed E-state index contributed by atoms with van der Waals surface area (Å²) in [5.74, 6) is 0.262. The van der Waals surface area contributed by atoms with Crippen LogP contribution in [0.15, 0.2) is 0 Å². The van der Waals surface area contributed by atoms with Crippen LogP contribution in [0.25, 0.3) is 0 Å². The minimum absolute atomic E-state index is 0.0205. The number of hydrogen-bond donors (Lipinski definition) is 1. The van der Waals surface area contributed by atoms with E-state index in [1.165, 1.54) is 19.4 Å². The van der Waals surface area contributed by atoms with Gasteiger partial charge in [-0.15, -0.1) is 11.6 Å². The van der Waals surface area contributed by atoms with Crippen molar-refractivity contribution in [2.24, 2.45) is 5.92 Å². The second-order valence-corrected chi connectivity index (χ2v) is 5.36. The zero-order valence-corrected chi connectivity index (χ0v) is 11.1. The van der Waals surface area contributed by atoms with Gasteiger partial charge in [-0.05, 0) is 19.4 Å².